The Hall–Kier alpha value is -0.840. The van der Waals surface area contributed by atoms with Crippen molar-refractivity contribution in [2.45, 2.75) is 24.5 Å². The molecule has 5 rings (SSSR count). The van der Waals surface area contributed by atoms with E-state index in [1.54, 1.807) is 6.07 Å². The minimum absolute atomic E-state index is 0. The lowest BCUT2D eigenvalue weighted by Gasteiger charge is -2.35. The van der Waals surface area contributed by atoms with E-state index in [0.717, 1.165) is 51.4 Å². The number of unbranched alkanes of at least 4 members (excludes halogenated alkanes) is 1. The maximum absolute atomic E-state index is 12.9. The Balaban J connectivity index is 0.00000128. The lowest BCUT2D eigenvalue weighted by atomic mass is 9.92. The van der Waals surface area contributed by atoms with Crippen LogP contribution in [-0.2, 0) is 14.8 Å². The quantitative estimate of drug-likeness (QED) is 0.390. The molecular weight excluding hydrogens is 532 g/mol. The molecule has 33 heavy (non-hydrogen) atoms. The first-order chi connectivity index (χ1) is 14.4. The van der Waals surface area contributed by atoms with Gasteiger partial charge in [-0.05, 0) is 49.8 Å². The Labute approximate surface area is 218 Å². The lowest BCUT2D eigenvalue weighted by molar-refractivity contribution is -0.129. The fraction of sp³-hybridized carbons (Fsp3) is 0.650. The highest BCUT2D eigenvalue weighted by molar-refractivity contribution is 7.90. The van der Waals surface area contributed by atoms with E-state index in [0.29, 0.717) is 18.1 Å². The van der Waals surface area contributed by atoms with E-state index in [2.05, 4.69) is 20.0 Å². The monoisotopic (exact) mass is 559 g/mol. The highest BCUT2D eigenvalue weighted by Gasteiger charge is 2.62. The Morgan fingerprint density at radius 2 is 1.61 bits per heavy atom. The molecule has 2 saturated heterocycles. The van der Waals surface area contributed by atoms with Gasteiger partial charge < -0.3 is 4.90 Å². The summed E-state index contributed by atoms with van der Waals surface area (Å²) in [5, 5.41) is 7.91. The zero-order chi connectivity index (χ0) is 20.9. The molecule has 0 radical (unpaired) electrons. The summed E-state index contributed by atoms with van der Waals surface area (Å²) in [6, 6.07) is 3.63. The Morgan fingerprint density at radius 1 is 0.939 bits per heavy atom. The van der Waals surface area contributed by atoms with Crippen LogP contribution >= 0.6 is 48.8 Å². The zero-order valence-corrected chi connectivity index (χ0v) is 22.0. The number of aromatic nitrogens is 2. The minimum atomic E-state index is -3.50. The standard InChI is InChI=1S/C20H26ClN5O3S.3ClH/c21-16-5-6-17(23-22-16)25-11-9-24(10-12-25)7-1-2-8-26-20(27)18-14-3-4-15(13-14)19(18)30(26,28)29;;;/h3-6,14-15,18-19H,1-2,7-13H2;3*1H. The molecule has 4 atom stereocenters. The molecule has 2 bridgehead atoms. The molecule has 4 unspecified atom stereocenters. The van der Waals surface area contributed by atoms with Gasteiger partial charge in [-0.3, -0.25) is 9.69 Å². The Bertz CT molecular complexity index is 957. The average molecular weight is 561 g/mol. The first-order valence-corrected chi connectivity index (χ1v) is 12.5. The van der Waals surface area contributed by atoms with Gasteiger partial charge in [-0.2, -0.15) is 0 Å². The molecule has 2 aliphatic carbocycles. The molecule has 186 valence electrons. The van der Waals surface area contributed by atoms with Crippen LogP contribution in [0.15, 0.2) is 24.3 Å². The normalized spacial score (nSPS) is 29.3. The molecule has 4 aliphatic rings. The van der Waals surface area contributed by atoms with E-state index in [9.17, 15) is 13.2 Å². The molecule has 1 saturated carbocycles. The molecular formula is C20H29Cl4N5O3S. The fourth-order valence-electron chi connectivity index (χ4n) is 5.45. The van der Waals surface area contributed by atoms with Gasteiger partial charge in [-0.25, -0.2) is 12.7 Å². The van der Waals surface area contributed by atoms with Gasteiger partial charge in [0.15, 0.2) is 11.0 Å². The molecule has 1 aromatic heterocycles. The van der Waals surface area contributed by atoms with Crippen LogP contribution in [-0.4, -0.2) is 78.2 Å². The van der Waals surface area contributed by atoms with Gasteiger partial charge in [0.2, 0.25) is 15.9 Å². The van der Waals surface area contributed by atoms with E-state index in [1.807, 2.05) is 18.2 Å². The lowest BCUT2D eigenvalue weighted by Crippen LogP contribution is -2.47. The summed E-state index contributed by atoms with van der Waals surface area (Å²) >= 11 is 5.80. The van der Waals surface area contributed by atoms with Crippen molar-refractivity contribution < 1.29 is 13.2 Å². The molecule has 1 aromatic rings. The second-order valence-corrected chi connectivity index (χ2v) is 11.0. The van der Waals surface area contributed by atoms with Gasteiger partial charge >= 0.3 is 0 Å². The van der Waals surface area contributed by atoms with Gasteiger partial charge in [0.1, 0.15) is 0 Å². The number of carbonyl (C=O) groups excluding carboxylic acids is 1. The summed E-state index contributed by atoms with van der Waals surface area (Å²) in [5.41, 5.74) is 0. The number of anilines is 1. The van der Waals surface area contributed by atoms with Crippen molar-refractivity contribution in [1.29, 1.82) is 0 Å². The van der Waals surface area contributed by atoms with Gasteiger partial charge in [-0.1, -0.05) is 23.8 Å². The van der Waals surface area contributed by atoms with Crippen molar-refractivity contribution in [3.8, 4) is 0 Å². The first-order valence-electron chi connectivity index (χ1n) is 10.7. The summed E-state index contributed by atoms with van der Waals surface area (Å²) in [5.74, 6) is 0.476. The minimum Gasteiger partial charge on any atom is -0.353 e. The summed E-state index contributed by atoms with van der Waals surface area (Å²) in [6.45, 7) is 4.80. The third-order valence-corrected chi connectivity index (χ3v) is 9.48. The average Bonchev–Trinajstić information content (AvgIpc) is 3.41. The predicted molar refractivity (Wildman–Crippen MR) is 135 cm³/mol. The smallest absolute Gasteiger partial charge is 0.241 e. The van der Waals surface area contributed by atoms with Crippen LogP contribution in [0.3, 0.4) is 0 Å². The largest absolute Gasteiger partial charge is 0.353 e. The molecule has 13 heteroatoms. The Morgan fingerprint density at radius 3 is 2.24 bits per heavy atom. The van der Waals surface area contributed by atoms with Crippen LogP contribution in [0.1, 0.15) is 19.3 Å². The number of hydrogen-bond donors (Lipinski definition) is 0. The van der Waals surface area contributed by atoms with Gasteiger partial charge in [0.25, 0.3) is 0 Å². The molecule has 8 nitrogen and oxygen atoms in total. The van der Waals surface area contributed by atoms with Crippen LogP contribution in [0.25, 0.3) is 0 Å². The van der Waals surface area contributed by atoms with Gasteiger partial charge in [0, 0.05) is 32.7 Å². The summed E-state index contributed by atoms with van der Waals surface area (Å²) in [4.78, 5) is 17.3. The van der Waals surface area contributed by atoms with E-state index in [4.69, 9.17) is 11.6 Å². The van der Waals surface area contributed by atoms with Crippen LogP contribution in [0, 0.1) is 17.8 Å². The van der Waals surface area contributed by atoms with Crippen LogP contribution in [0.2, 0.25) is 5.15 Å². The number of amides is 1. The van der Waals surface area contributed by atoms with E-state index < -0.39 is 15.3 Å². The molecule has 3 heterocycles. The van der Waals surface area contributed by atoms with Crippen molar-refractivity contribution in [2.75, 3.05) is 44.2 Å². The van der Waals surface area contributed by atoms with Crippen LogP contribution in [0.4, 0.5) is 5.82 Å². The molecule has 0 N–H and O–H groups in total. The van der Waals surface area contributed by atoms with Crippen molar-refractivity contribution in [2.24, 2.45) is 17.8 Å². The summed E-state index contributed by atoms with van der Waals surface area (Å²) in [7, 11) is -3.50. The second kappa shape index (κ2) is 11.3. The number of carbonyl (C=O) groups is 1. The number of piperazine rings is 1. The zero-order valence-electron chi connectivity index (χ0n) is 18.0. The maximum Gasteiger partial charge on any atom is 0.241 e. The number of rotatable bonds is 6. The summed E-state index contributed by atoms with van der Waals surface area (Å²) < 4.78 is 27.0. The first kappa shape index (κ1) is 28.4. The number of hydrogen-bond acceptors (Lipinski definition) is 7. The predicted octanol–water partition coefficient (Wildman–Crippen LogP) is 2.66. The fourth-order valence-corrected chi connectivity index (χ4v) is 7.93. The molecule has 0 aromatic carbocycles. The second-order valence-electron chi connectivity index (χ2n) is 8.64. The van der Waals surface area contributed by atoms with Crippen LogP contribution in [0.5, 0.6) is 0 Å². The van der Waals surface area contributed by atoms with Crippen molar-refractivity contribution >= 4 is 70.6 Å². The van der Waals surface area contributed by atoms with E-state index in [1.165, 1.54) is 4.31 Å². The number of fused-ring (bicyclic) bond motifs is 5. The topological polar surface area (TPSA) is 86.7 Å². The van der Waals surface area contributed by atoms with E-state index >= 15 is 0 Å². The maximum atomic E-state index is 12.9. The highest BCUT2D eigenvalue weighted by atomic mass is 35.5. The molecule has 1 amide bonds. The van der Waals surface area contributed by atoms with Crippen LogP contribution < -0.4 is 4.90 Å². The number of allylic oxidation sites excluding steroid dienone is 2. The number of nitrogens with zero attached hydrogens (tertiary/aromatic N) is 5. The molecule has 2 aliphatic heterocycles. The molecule has 3 fully saturated rings. The van der Waals surface area contributed by atoms with Crippen molar-refractivity contribution in [1.82, 2.24) is 19.4 Å². The van der Waals surface area contributed by atoms with Gasteiger partial charge in [0.05, 0.1) is 11.2 Å². The number of halogens is 4. The molecule has 0 spiro atoms. The summed E-state index contributed by atoms with van der Waals surface area (Å²) in [6.07, 6.45) is 6.44. The SMILES string of the molecule is Cl.Cl.Cl.O=C1C2C3C=CC(C3)C2S(=O)(=O)N1CCCCN1CCN(c2ccc(Cl)nn2)CC1. The van der Waals surface area contributed by atoms with E-state index in [-0.39, 0.29) is 60.9 Å². The highest BCUT2D eigenvalue weighted by Crippen LogP contribution is 2.52. The van der Waals surface area contributed by atoms with Gasteiger partial charge in [-0.15, -0.1) is 47.4 Å². The Kier molecular flexibility index (Phi) is 9.69. The van der Waals surface area contributed by atoms with Crippen molar-refractivity contribution in [3.05, 3.63) is 29.4 Å². The third-order valence-electron chi connectivity index (χ3n) is 6.97. The number of sulfonamides is 1. The van der Waals surface area contributed by atoms with Crippen molar-refractivity contribution in [3.63, 3.8) is 0 Å². The third kappa shape index (κ3) is 5.23.